The van der Waals surface area contributed by atoms with Gasteiger partial charge in [0.2, 0.25) is 0 Å². The lowest BCUT2D eigenvalue weighted by Gasteiger charge is -2.21. The molecule has 3 aromatic rings. The smallest absolute Gasteiger partial charge is 0.258 e. The molecule has 0 spiro atoms. The van der Waals surface area contributed by atoms with Crippen molar-refractivity contribution >= 4 is 11.3 Å². The summed E-state index contributed by atoms with van der Waals surface area (Å²) in [6.45, 7) is 6.49. The Balaban J connectivity index is 1.78. The number of pyridine rings is 1. The highest BCUT2D eigenvalue weighted by Crippen LogP contribution is 2.15. The fourth-order valence-electron chi connectivity index (χ4n) is 3.01. The van der Waals surface area contributed by atoms with E-state index in [-0.39, 0.29) is 5.56 Å². The first-order chi connectivity index (χ1) is 12.5. The van der Waals surface area contributed by atoms with Gasteiger partial charge in [0.05, 0.1) is 5.69 Å². The molecule has 0 unspecified atom stereocenters. The third kappa shape index (κ3) is 4.11. The number of hydrogen-bond acceptors (Lipinski definition) is 4. The summed E-state index contributed by atoms with van der Waals surface area (Å²) in [6.07, 6.45) is 1.83. The average Bonchev–Trinajstić information content (AvgIpc) is 2.62. The molecule has 2 heterocycles. The van der Waals surface area contributed by atoms with Gasteiger partial charge in [-0.15, -0.1) is 0 Å². The third-order valence-corrected chi connectivity index (χ3v) is 4.55. The van der Waals surface area contributed by atoms with Crippen LogP contribution in [-0.2, 0) is 13.1 Å². The minimum atomic E-state index is -0.0277. The van der Waals surface area contributed by atoms with Crippen molar-refractivity contribution in [3.05, 3.63) is 75.8 Å². The molecule has 136 valence electrons. The molecule has 0 amide bonds. The van der Waals surface area contributed by atoms with Gasteiger partial charge in [0, 0.05) is 45.1 Å². The molecule has 1 aromatic carbocycles. The summed E-state index contributed by atoms with van der Waals surface area (Å²) in [5.41, 5.74) is 4.97. The summed E-state index contributed by atoms with van der Waals surface area (Å²) in [7, 11) is 4.08. The second kappa shape index (κ2) is 7.70. The van der Waals surface area contributed by atoms with Crippen LogP contribution in [0.4, 0.5) is 5.69 Å². The third-order valence-electron chi connectivity index (χ3n) is 4.55. The second-order valence-electron chi connectivity index (χ2n) is 6.88. The molecule has 2 aromatic heterocycles. The normalized spacial score (nSPS) is 11.3. The van der Waals surface area contributed by atoms with Crippen molar-refractivity contribution in [3.63, 3.8) is 0 Å². The van der Waals surface area contributed by atoms with Gasteiger partial charge in [-0.1, -0.05) is 25.1 Å². The minimum absolute atomic E-state index is 0.0277. The molecule has 0 atom stereocenters. The van der Waals surface area contributed by atoms with E-state index in [1.807, 2.05) is 39.3 Å². The molecule has 0 aliphatic heterocycles. The van der Waals surface area contributed by atoms with E-state index in [1.165, 1.54) is 11.3 Å². The first kappa shape index (κ1) is 18.1. The van der Waals surface area contributed by atoms with Crippen molar-refractivity contribution in [3.8, 4) is 0 Å². The number of rotatable bonds is 6. The molecule has 0 aliphatic rings. The monoisotopic (exact) mass is 350 g/mol. The van der Waals surface area contributed by atoms with Crippen LogP contribution < -0.4 is 10.5 Å². The Morgan fingerprint density at radius 3 is 2.42 bits per heavy atom. The van der Waals surface area contributed by atoms with E-state index >= 15 is 0 Å². The van der Waals surface area contributed by atoms with Gasteiger partial charge in [-0.05, 0) is 42.8 Å². The van der Waals surface area contributed by atoms with Crippen LogP contribution in [0.3, 0.4) is 0 Å². The number of aromatic nitrogens is 2. The number of nitrogens with zero attached hydrogens (tertiary/aromatic N) is 4. The molecule has 0 radical (unpaired) electrons. The van der Waals surface area contributed by atoms with Crippen LogP contribution in [0.5, 0.6) is 0 Å². The summed E-state index contributed by atoms with van der Waals surface area (Å²) in [5, 5.41) is 0. The summed E-state index contributed by atoms with van der Waals surface area (Å²) >= 11 is 0. The molecule has 0 saturated carbocycles. The van der Waals surface area contributed by atoms with Crippen LogP contribution in [0.1, 0.15) is 23.7 Å². The van der Waals surface area contributed by atoms with E-state index in [1.54, 1.807) is 10.5 Å². The Bertz CT molecular complexity index is 944. The first-order valence-electron chi connectivity index (χ1n) is 8.94. The molecule has 5 heteroatoms. The van der Waals surface area contributed by atoms with Crippen molar-refractivity contribution in [2.45, 2.75) is 26.9 Å². The topological polar surface area (TPSA) is 40.9 Å². The molecular formula is C21H26N4O. The van der Waals surface area contributed by atoms with Crippen LogP contribution in [0.2, 0.25) is 0 Å². The fourth-order valence-corrected chi connectivity index (χ4v) is 3.01. The van der Waals surface area contributed by atoms with Crippen LogP contribution >= 0.6 is 0 Å². The van der Waals surface area contributed by atoms with Crippen LogP contribution in [0, 0.1) is 6.92 Å². The molecule has 0 N–H and O–H groups in total. The Morgan fingerprint density at radius 2 is 1.77 bits per heavy atom. The van der Waals surface area contributed by atoms with Gasteiger partial charge < -0.3 is 4.90 Å². The van der Waals surface area contributed by atoms with Crippen molar-refractivity contribution in [2.24, 2.45) is 0 Å². The fraction of sp³-hybridized carbons (Fsp3) is 0.333. The maximum absolute atomic E-state index is 12.4. The van der Waals surface area contributed by atoms with Gasteiger partial charge in [-0.2, -0.15) is 0 Å². The molecular weight excluding hydrogens is 324 g/mol. The maximum Gasteiger partial charge on any atom is 0.258 e. The molecule has 0 saturated heterocycles. The van der Waals surface area contributed by atoms with E-state index in [2.05, 4.69) is 46.0 Å². The Labute approximate surface area is 154 Å². The van der Waals surface area contributed by atoms with Gasteiger partial charge in [-0.3, -0.25) is 14.1 Å². The van der Waals surface area contributed by atoms with Crippen molar-refractivity contribution in [2.75, 3.05) is 25.5 Å². The van der Waals surface area contributed by atoms with E-state index in [9.17, 15) is 4.79 Å². The quantitative estimate of drug-likeness (QED) is 0.685. The number of hydrogen-bond donors (Lipinski definition) is 0. The standard InChI is InChI=1S/C21H26N4O/c1-5-24(14-17-7-9-19(10-8-17)23(3)4)15-18-12-21(26)25-13-16(2)6-11-20(25)22-18/h6-13H,5,14-15H2,1-4H3. The number of benzene rings is 1. The SMILES string of the molecule is CCN(Cc1ccc(N(C)C)cc1)Cc1cc(=O)n2cc(C)ccc2n1. The molecule has 0 aliphatic carbocycles. The zero-order valence-electron chi connectivity index (χ0n) is 15.9. The molecule has 3 rings (SSSR count). The zero-order valence-corrected chi connectivity index (χ0v) is 15.9. The summed E-state index contributed by atoms with van der Waals surface area (Å²) in [4.78, 5) is 21.4. The lowest BCUT2D eigenvalue weighted by Crippen LogP contribution is -2.25. The van der Waals surface area contributed by atoms with Gasteiger partial charge in [-0.25, -0.2) is 4.98 Å². The van der Waals surface area contributed by atoms with E-state index in [0.717, 1.165) is 24.3 Å². The Hall–Kier alpha value is -2.66. The molecule has 0 bridgehead atoms. The van der Waals surface area contributed by atoms with E-state index < -0.39 is 0 Å². The van der Waals surface area contributed by atoms with Crippen molar-refractivity contribution < 1.29 is 0 Å². The zero-order chi connectivity index (χ0) is 18.7. The predicted octanol–water partition coefficient (Wildman–Crippen LogP) is 3.09. The summed E-state index contributed by atoms with van der Waals surface area (Å²) in [5.74, 6) is 0. The van der Waals surface area contributed by atoms with E-state index in [0.29, 0.717) is 12.2 Å². The lowest BCUT2D eigenvalue weighted by atomic mass is 10.2. The maximum atomic E-state index is 12.4. The Morgan fingerprint density at radius 1 is 1.04 bits per heavy atom. The molecule has 0 fully saturated rings. The van der Waals surface area contributed by atoms with Crippen LogP contribution in [-0.4, -0.2) is 34.9 Å². The highest BCUT2D eigenvalue weighted by molar-refractivity contribution is 5.46. The van der Waals surface area contributed by atoms with E-state index in [4.69, 9.17) is 0 Å². The van der Waals surface area contributed by atoms with Crippen LogP contribution in [0.25, 0.3) is 5.65 Å². The minimum Gasteiger partial charge on any atom is -0.378 e. The largest absolute Gasteiger partial charge is 0.378 e. The van der Waals surface area contributed by atoms with Gasteiger partial charge >= 0.3 is 0 Å². The summed E-state index contributed by atoms with van der Waals surface area (Å²) in [6, 6.07) is 14.1. The predicted molar refractivity (Wildman–Crippen MR) is 107 cm³/mol. The molecule has 26 heavy (non-hydrogen) atoms. The number of aryl methyl sites for hydroxylation is 1. The number of fused-ring (bicyclic) bond motifs is 1. The van der Waals surface area contributed by atoms with Crippen LogP contribution in [0.15, 0.2) is 53.5 Å². The van der Waals surface area contributed by atoms with Crippen molar-refractivity contribution in [1.82, 2.24) is 14.3 Å². The summed E-state index contributed by atoms with van der Waals surface area (Å²) < 4.78 is 1.61. The number of anilines is 1. The Kier molecular flexibility index (Phi) is 5.38. The highest BCUT2D eigenvalue weighted by atomic mass is 16.1. The molecule has 5 nitrogen and oxygen atoms in total. The van der Waals surface area contributed by atoms with Gasteiger partial charge in [0.15, 0.2) is 0 Å². The van der Waals surface area contributed by atoms with Gasteiger partial charge in [0.25, 0.3) is 5.56 Å². The average molecular weight is 350 g/mol. The lowest BCUT2D eigenvalue weighted by molar-refractivity contribution is 0.268. The second-order valence-corrected chi connectivity index (χ2v) is 6.88. The highest BCUT2D eigenvalue weighted by Gasteiger charge is 2.09. The van der Waals surface area contributed by atoms with Crippen molar-refractivity contribution in [1.29, 1.82) is 0 Å². The first-order valence-corrected chi connectivity index (χ1v) is 8.94. The van der Waals surface area contributed by atoms with Gasteiger partial charge in [0.1, 0.15) is 5.65 Å².